The third-order valence-electron chi connectivity index (χ3n) is 3.36. The fraction of sp³-hybridized carbons (Fsp3) is 0.222. The van der Waals surface area contributed by atoms with Gasteiger partial charge >= 0.3 is 0 Å². The molecule has 0 aromatic heterocycles. The molecular formula is C18H21N. The normalized spacial score (nSPS) is 11.1. The van der Waals surface area contributed by atoms with Crippen molar-refractivity contribution in [3.8, 4) is 0 Å². The number of allylic oxidation sites excluding steroid dienone is 1. The van der Waals surface area contributed by atoms with Crippen molar-refractivity contribution < 1.29 is 0 Å². The molecule has 1 heteroatoms. The van der Waals surface area contributed by atoms with Gasteiger partial charge in [0, 0.05) is 5.69 Å². The minimum absolute atomic E-state index is 0.909. The molecule has 0 fully saturated rings. The summed E-state index contributed by atoms with van der Waals surface area (Å²) in [4.78, 5) is 0. The van der Waals surface area contributed by atoms with Gasteiger partial charge in [-0.1, -0.05) is 54.1 Å². The largest absolute Gasteiger partial charge is 0.398 e. The number of hydrogen-bond donors (Lipinski definition) is 1. The van der Waals surface area contributed by atoms with Gasteiger partial charge in [0.2, 0.25) is 0 Å². The molecule has 2 rings (SSSR count). The van der Waals surface area contributed by atoms with Crippen LogP contribution in [-0.2, 0) is 6.42 Å². The number of aryl methyl sites for hydroxylation is 3. The molecule has 0 aliphatic rings. The molecule has 0 heterocycles. The highest BCUT2D eigenvalue weighted by molar-refractivity contribution is 5.55. The van der Waals surface area contributed by atoms with E-state index >= 15 is 0 Å². The highest BCUT2D eigenvalue weighted by Crippen LogP contribution is 2.19. The molecule has 0 unspecified atom stereocenters. The molecule has 0 atom stereocenters. The number of anilines is 1. The van der Waals surface area contributed by atoms with Gasteiger partial charge in [-0.2, -0.15) is 0 Å². The predicted molar refractivity (Wildman–Crippen MR) is 84.2 cm³/mol. The summed E-state index contributed by atoms with van der Waals surface area (Å²) in [5.41, 5.74) is 13.1. The minimum atomic E-state index is 0.909. The molecular weight excluding hydrogens is 230 g/mol. The third-order valence-corrected chi connectivity index (χ3v) is 3.36. The van der Waals surface area contributed by atoms with Crippen LogP contribution in [0.15, 0.2) is 42.5 Å². The van der Waals surface area contributed by atoms with Crippen LogP contribution in [0.5, 0.6) is 0 Å². The van der Waals surface area contributed by atoms with Gasteiger partial charge in [-0.15, -0.1) is 0 Å². The van der Waals surface area contributed by atoms with E-state index in [1.807, 2.05) is 0 Å². The third kappa shape index (κ3) is 3.47. The summed E-state index contributed by atoms with van der Waals surface area (Å²) in [5, 5.41) is 0. The summed E-state index contributed by atoms with van der Waals surface area (Å²) in [6.07, 6.45) is 5.32. The first-order chi connectivity index (χ1) is 9.06. The fourth-order valence-electron chi connectivity index (χ4n) is 2.29. The Labute approximate surface area is 115 Å². The molecule has 1 nitrogen and oxygen atoms in total. The van der Waals surface area contributed by atoms with E-state index in [9.17, 15) is 0 Å². The predicted octanol–water partition coefficient (Wildman–Crippen LogP) is 4.45. The topological polar surface area (TPSA) is 26.0 Å². The second-order valence-electron chi connectivity index (χ2n) is 5.16. The maximum absolute atomic E-state index is 5.97. The quantitative estimate of drug-likeness (QED) is 0.801. The van der Waals surface area contributed by atoms with Crippen molar-refractivity contribution >= 4 is 11.8 Å². The van der Waals surface area contributed by atoms with Crippen LogP contribution >= 0.6 is 0 Å². The SMILES string of the molecule is Cc1cccc(/C=C/Cc2cc(C)c(N)c(C)c2)c1. The number of nitrogens with two attached hydrogens (primary N) is 1. The van der Waals surface area contributed by atoms with Gasteiger partial charge < -0.3 is 5.73 Å². The Morgan fingerprint density at radius 1 is 1.00 bits per heavy atom. The maximum Gasteiger partial charge on any atom is 0.0373 e. The summed E-state index contributed by atoms with van der Waals surface area (Å²) in [7, 11) is 0. The molecule has 0 aliphatic carbocycles. The van der Waals surface area contributed by atoms with Crippen LogP contribution in [0.3, 0.4) is 0 Å². The Bertz CT molecular complexity index is 586. The van der Waals surface area contributed by atoms with Gasteiger partial charge in [0.1, 0.15) is 0 Å². The van der Waals surface area contributed by atoms with Crippen LogP contribution < -0.4 is 5.73 Å². The molecule has 2 aromatic carbocycles. The average Bonchev–Trinajstić information content (AvgIpc) is 2.36. The van der Waals surface area contributed by atoms with Crippen molar-refractivity contribution in [2.24, 2.45) is 0 Å². The Morgan fingerprint density at radius 3 is 2.32 bits per heavy atom. The second-order valence-corrected chi connectivity index (χ2v) is 5.16. The van der Waals surface area contributed by atoms with E-state index in [0.29, 0.717) is 0 Å². The fourth-order valence-corrected chi connectivity index (χ4v) is 2.29. The van der Waals surface area contributed by atoms with Gasteiger partial charge in [-0.05, 0) is 49.4 Å². The van der Waals surface area contributed by atoms with Crippen molar-refractivity contribution in [2.75, 3.05) is 5.73 Å². The maximum atomic E-state index is 5.97. The Morgan fingerprint density at radius 2 is 1.68 bits per heavy atom. The molecule has 0 bridgehead atoms. The number of nitrogen functional groups attached to an aromatic ring is 1. The average molecular weight is 251 g/mol. The standard InChI is InChI=1S/C18H21N/c1-13-6-4-7-16(10-13)8-5-9-17-11-14(2)18(19)15(3)12-17/h4-8,10-12H,9,19H2,1-3H3/b8-5+. The number of benzene rings is 2. The molecule has 0 spiro atoms. The van der Waals surface area contributed by atoms with Gasteiger partial charge in [0.05, 0.1) is 0 Å². The first-order valence-electron chi connectivity index (χ1n) is 6.65. The van der Waals surface area contributed by atoms with E-state index in [0.717, 1.165) is 12.1 Å². The van der Waals surface area contributed by atoms with E-state index in [-0.39, 0.29) is 0 Å². The first kappa shape index (κ1) is 13.4. The lowest BCUT2D eigenvalue weighted by Gasteiger charge is -2.07. The van der Waals surface area contributed by atoms with E-state index in [2.05, 4.69) is 69.3 Å². The molecule has 0 saturated carbocycles. The summed E-state index contributed by atoms with van der Waals surface area (Å²) in [6, 6.07) is 12.9. The highest BCUT2D eigenvalue weighted by atomic mass is 14.6. The van der Waals surface area contributed by atoms with Gasteiger partial charge in [-0.25, -0.2) is 0 Å². The van der Waals surface area contributed by atoms with E-state index < -0.39 is 0 Å². The molecule has 0 aliphatic heterocycles. The van der Waals surface area contributed by atoms with Crippen LogP contribution in [-0.4, -0.2) is 0 Å². The van der Waals surface area contributed by atoms with Gasteiger partial charge in [-0.3, -0.25) is 0 Å². The van der Waals surface area contributed by atoms with Crippen LogP contribution in [0.25, 0.3) is 6.08 Å². The van der Waals surface area contributed by atoms with Crippen molar-refractivity contribution in [2.45, 2.75) is 27.2 Å². The lowest BCUT2D eigenvalue weighted by molar-refractivity contribution is 1.23. The van der Waals surface area contributed by atoms with Crippen LogP contribution in [0.1, 0.15) is 27.8 Å². The Hall–Kier alpha value is -2.02. The zero-order chi connectivity index (χ0) is 13.8. The van der Waals surface area contributed by atoms with E-state index in [4.69, 9.17) is 5.73 Å². The Kier molecular flexibility index (Phi) is 4.06. The minimum Gasteiger partial charge on any atom is -0.398 e. The molecule has 0 amide bonds. The molecule has 19 heavy (non-hydrogen) atoms. The molecule has 2 N–H and O–H groups in total. The van der Waals surface area contributed by atoms with Crippen LogP contribution in [0.4, 0.5) is 5.69 Å². The van der Waals surface area contributed by atoms with Crippen LogP contribution in [0, 0.1) is 20.8 Å². The highest BCUT2D eigenvalue weighted by Gasteiger charge is 2.00. The lowest BCUT2D eigenvalue weighted by atomic mass is 10.0. The van der Waals surface area contributed by atoms with E-state index in [1.165, 1.54) is 27.8 Å². The molecule has 98 valence electrons. The Balaban J connectivity index is 2.11. The number of hydrogen-bond acceptors (Lipinski definition) is 1. The summed E-state index contributed by atoms with van der Waals surface area (Å²) in [5.74, 6) is 0. The molecule has 2 aromatic rings. The number of rotatable bonds is 3. The summed E-state index contributed by atoms with van der Waals surface area (Å²) in [6.45, 7) is 6.25. The van der Waals surface area contributed by atoms with Crippen molar-refractivity contribution in [3.05, 3.63) is 70.3 Å². The van der Waals surface area contributed by atoms with Crippen LogP contribution in [0.2, 0.25) is 0 Å². The lowest BCUT2D eigenvalue weighted by Crippen LogP contribution is -1.95. The molecule has 0 saturated heterocycles. The van der Waals surface area contributed by atoms with Gasteiger partial charge in [0.15, 0.2) is 0 Å². The van der Waals surface area contributed by atoms with Crippen molar-refractivity contribution in [1.29, 1.82) is 0 Å². The monoisotopic (exact) mass is 251 g/mol. The van der Waals surface area contributed by atoms with Gasteiger partial charge in [0.25, 0.3) is 0 Å². The second kappa shape index (κ2) is 5.75. The van der Waals surface area contributed by atoms with Crippen molar-refractivity contribution in [3.63, 3.8) is 0 Å². The summed E-state index contributed by atoms with van der Waals surface area (Å²) < 4.78 is 0. The zero-order valence-electron chi connectivity index (χ0n) is 11.9. The van der Waals surface area contributed by atoms with E-state index in [1.54, 1.807) is 0 Å². The smallest absolute Gasteiger partial charge is 0.0373 e. The molecule has 0 radical (unpaired) electrons. The first-order valence-corrected chi connectivity index (χ1v) is 6.65. The summed E-state index contributed by atoms with van der Waals surface area (Å²) >= 11 is 0. The zero-order valence-corrected chi connectivity index (χ0v) is 11.9. The van der Waals surface area contributed by atoms with Crippen molar-refractivity contribution in [1.82, 2.24) is 0 Å².